The number of aliphatic hydroxyl groups is 1. The van der Waals surface area contributed by atoms with Crippen LogP contribution in [-0.4, -0.2) is 23.4 Å². The number of aliphatic hydroxyl groups excluding tert-OH is 1. The minimum absolute atomic E-state index is 0.637. The molecule has 0 aliphatic carbocycles. The van der Waals surface area contributed by atoms with Crippen molar-refractivity contribution >= 4 is 0 Å². The molecule has 1 heterocycles. The Bertz CT molecular complexity index is 273. The Kier molecular flexibility index (Phi) is 2.41. The molecular formula is C9H12N2O. The number of nitrogens with zero attached hydrogens (tertiary/aromatic N) is 1. The van der Waals surface area contributed by atoms with Crippen LogP contribution in [0.25, 0.3) is 0 Å². The molecule has 2 N–H and O–H groups in total. The number of allylic oxidation sites excluding steroid dienone is 3. The molecule has 0 amide bonds. The van der Waals surface area contributed by atoms with Crippen LogP contribution in [0.5, 0.6) is 0 Å². The van der Waals surface area contributed by atoms with Crippen LogP contribution in [-0.2, 0) is 0 Å². The van der Waals surface area contributed by atoms with Crippen LogP contribution in [0.15, 0.2) is 23.5 Å². The highest BCUT2D eigenvalue weighted by Crippen LogP contribution is 2.16. The maximum absolute atomic E-state index is 9.33. The number of hydrogen-bond acceptors (Lipinski definition) is 3. The molecule has 0 aromatic carbocycles. The molecule has 0 aromatic heterocycles. The summed E-state index contributed by atoms with van der Waals surface area (Å²) in [7, 11) is 1.81. The molecular weight excluding hydrogens is 152 g/mol. The van der Waals surface area contributed by atoms with Crippen molar-refractivity contribution in [2.24, 2.45) is 0 Å². The molecule has 0 spiro atoms. The van der Waals surface area contributed by atoms with E-state index in [1.54, 1.807) is 17.1 Å². The van der Waals surface area contributed by atoms with Gasteiger partial charge >= 0.3 is 0 Å². The van der Waals surface area contributed by atoms with Gasteiger partial charge in [0.15, 0.2) is 0 Å². The fourth-order valence-corrected chi connectivity index (χ4v) is 1.01. The average molecular weight is 164 g/mol. The SMILES string of the molecule is C#C/C=C\C1=C(C)N(C)C(O)N1. The molecule has 3 nitrogen and oxygen atoms in total. The Labute approximate surface area is 72.4 Å². The Morgan fingerprint density at radius 1 is 1.75 bits per heavy atom. The van der Waals surface area contributed by atoms with Gasteiger partial charge in [-0.1, -0.05) is 5.92 Å². The lowest BCUT2D eigenvalue weighted by molar-refractivity contribution is 0.0445. The fraction of sp³-hybridized carbons (Fsp3) is 0.333. The molecule has 3 heteroatoms. The third-order valence-corrected chi connectivity index (χ3v) is 1.92. The molecule has 0 bridgehead atoms. The van der Waals surface area contributed by atoms with Gasteiger partial charge in [-0.25, -0.2) is 0 Å². The molecule has 0 radical (unpaired) electrons. The minimum atomic E-state index is -0.637. The highest BCUT2D eigenvalue weighted by Gasteiger charge is 2.21. The first-order chi connectivity index (χ1) is 5.66. The van der Waals surface area contributed by atoms with Gasteiger partial charge in [-0.15, -0.1) is 6.42 Å². The van der Waals surface area contributed by atoms with Gasteiger partial charge in [-0.2, -0.15) is 0 Å². The molecule has 64 valence electrons. The summed E-state index contributed by atoms with van der Waals surface area (Å²) in [4.78, 5) is 1.73. The summed E-state index contributed by atoms with van der Waals surface area (Å²) in [6.07, 6.45) is 7.78. The minimum Gasteiger partial charge on any atom is -0.356 e. The van der Waals surface area contributed by atoms with E-state index in [9.17, 15) is 5.11 Å². The van der Waals surface area contributed by atoms with Crippen molar-refractivity contribution in [3.63, 3.8) is 0 Å². The molecule has 1 atom stereocenters. The van der Waals surface area contributed by atoms with Crippen LogP contribution in [0.2, 0.25) is 0 Å². The zero-order valence-electron chi connectivity index (χ0n) is 7.20. The van der Waals surface area contributed by atoms with Crippen molar-refractivity contribution in [3.05, 3.63) is 23.5 Å². The van der Waals surface area contributed by atoms with Gasteiger partial charge in [-0.05, 0) is 19.1 Å². The third-order valence-electron chi connectivity index (χ3n) is 1.92. The first-order valence-corrected chi connectivity index (χ1v) is 3.68. The monoisotopic (exact) mass is 164 g/mol. The molecule has 1 aliphatic heterocycles. The second kappa shape index (κ2) is 3.33. The zero-order chi connectivity index (χ0) is 9.14. The maximum Gasteiger partial charge on any atom is 0.204 e. The highest BCUT2D eigenvalue weighted by molar-refractivity contribution is 5.29. The van der Waals surface area contributed by atoms with E-state index in [1.807, 2.05) is 14.0 Å². The quantitative estimate of drug-likeness (QED) is 0.544. The summed E-state index contributed by atoms with van der Waals surface area (Å²) in [5.74, 6) is 2.39. The summed E-state index contributed by atoms with van der Waals surface area (Å²) in [5, 5.41) is 12.2. The second-order valence-electron chi connectivity index (χ2n) is 2.63. The average Bonchev–Trinajstić information content (AvgIpc) is 2.30. The predicted molar refractivity (Wildman–Crippen MR) is 47.6 cm³/mol. The van der Waals surface area contributed by atoms with E-state index in [4.69, 9.17) is 6.42 Å². The maximum atomic E-state index is 9.33. The van der Waals surface area contributed by atoms with Crippen molar-refractivity contribution in [1.29, 1.82) is 0 Å². The van der Waals surface area contributed by atoms with Crippen LogP contribution < -0.4 is 5.32 Å². The topological polar surface area (TPSA) is 35.5 Å². The molecule has 0 fully saturated rings. The van der Waals surface area contributed by atoms with E-state index in [1.165, 1.54) is 0 Å². The lowest BCUT2D eigenvalue weighted by Crippen LogP contribution is -2.33. The Morgan fingerprint density at radius 3 is 2.83 bits per heavy atom. The van der Waals surface area contributed by atoms with Crippen molar-refractivity contribution in [2.75, 3.05) is 7.05 Å². The smallest absolute Gasteiger partial charge is 0.204 e. The summed E-state index contributed by atoms with van der Waals surface area (Å²) in [6.45, 7) is 1.92. The Balaban J connectivity index is 2.79. The number of nitrogens with one attached hydrogen (secondary N) is 1. The van der Waals surface area contributed by atoms with E-state index in [0.29, 0.717) is 0 Å². The normalized spacial score (nSPS) is 23.2. The van der Waals surface area contributed by atoms with Gasteiger partial charge in [0.2, 0.25) is 6.35 Å². The number of hydrogen-bond donors (Lipinski definition) is 2. The number of rotatable bonds is 1. The van der Waals surface area contributed by atoms with Gasteiger partial charge in [0.05, 0.1) is 5.70 Å². The van der Waals surface area contributed by atoms with E-state index in [2.05, 4.69) is 11.2 Å². The first kappa shape index (κ1) is 8.69. The van der Waals surface area contributed by atoms with Gasteiger partial charge in [0.1, 0.15) is 0 Å². The van der Waals surface area contributed by atoms with E-state index < -0.39 is 6.35 Å². The first-order valence-electron chi connectivity index (χ1n) is 3.68. The zero-order valence-corrected chi connectivity index (χ0v) is 7.20. The van der Waals surface area contributed by atoms with Crippen molar-refractivity contribution in [3.8, 4) is 12.3 Å². The van der Waals surface area contributed by atoms with Gasteiger partial charge < -0.3 is 15.3 Å². The largest absolute Gasteiger partial charge is 0.356 e. The molecule has 12 heavy (non-hydrogen) atoms. The standard InChI is InChI=1S/C9H12N2O/c1-4-5-6-8-7(2)11(3)9(12)10-8/h1,5-6,9-10,12H,2-3H3/b6-5-. The summed E-state index contributed by atoms with van der Waals surface area (Å²) < 4.78 is 0. The highest BCUT2D eigenvalue weighted by atomic mass is 16.3. The Hall–Kier alpha value is -1.40. The predicted octanol–water partition coefficient (Wildman–Crippen LogP) is 0.218. The number of terminal acetylenes is 1. The van der Waals surface area contributed by atoms with Crippen LogP contribution in [0.1, 0.15) is 6.92 Å². The lowest BCUT2D eigenvalue weighted by Gasteiger charge is -2.16. The van der Waals surface area contributed by atoms with Crippen molar-refractivity contribution in [2.45, 2.75) is 13.3 Å². The molecule has 1 unspecified atom stereocenters. The summed E-state index contributed by atoms with van der Waals surface area (Å²) >= 11 is 0. The molecule has 0 saturated heterocycles. The van der Waals surface area contributed by atoms with Crippen molar-refractivity contribution < 1.29 is 5.11 Å². The van der Waals surface area contributed by atoms with Crippen LogP contribution >= 0.6 is 0 Å². The Morgan fingerprint density at radius 2 is 2.42 bits per heavy atom. The second-order valence-corrected chi connectivity index (χ2v) is 2.63. The molecule has 1 rings (SSSR count). The van der Waals surface area contributed by atoms with Crippen LogP contribution in [0.3, 0.4) is 0 Å². The molecule has 0 aromatic rings. The summed E-state index contributed by atoms with van der Waals surface area (Å²) in [5.41, 5.74) is 1.84. The van der Waals surface area contributed by atoms with Gasteiger partial charge in [0.25, 0.3) is 0 Å². The van der Waals surface area contributed by atoms with E-state index in [-0.39, 0.29) is 0 Å². The van der Waals surface area contributed by atoms with E-state index in [0.717, 1.165) is 11.4 Å². The lowest BCUT2D eigenvalue weighted by atomic mass is 10.3. The molecule has 0 saturated carbocycles. The van der Waals surface area contributed by atoms with Gasteiger partial charge in [-0.3, -0.25) is 0 Å². The van der Waals surface area contributed by atoms with Crippen LogP contribution in [0, 0.1) is 12.3 Å². The van der Waals surface area contributed by atoms with Gasteiger partial charge in [0, 0.05) is 12.7 Å². The summed E-state index contributed by atoms with van der Waals surface area (Å²) in [6, 6.07) is 0. The van der Waals surface area contributed by atoms with Crippen molar-refractivity contribution in [1.82, 2.24) is 10.2 Å². The van der Waals surface area contributed by atoms with E-state index >= 15 is 0 Å². The molecule has 1 aliphatic rings. The van der Waals surface area contributed by atoms with Crippen LogP contribution in [0.4, 0.5) is 0 Å². The fourth-order valence-electron chi connectivity index (χ4n) is 1.01. The third kappa shape index (κ3) is 1.44.